The third-order valence-corrected chi connectivity index (χ3v) is 4.19. The largest absolute Gasteiger partial charge is 0.508 e. The lowest BCUT2D eigenvalue weighted by Crippen LogP contribution is -2.30. The number of hydrogen-bond donors (Lipinski definition) is 2. The second-order valence-corrected chi connectivity index (χ2v) is 5.60. The van der Waals surface area contributed by atoms with Crippen molar-refractivity contribution < 1.29 is 5.11 Å². The molecule has 0 radical (unpaired) electrons. The van der Waals surface area contributed by atoms with E-state index in [9.17, 15) is 5.11 Å². The van der Waals surface area contributed by atoms with Gasteiger partial charge in [-0.25, -0.2) is 0 Å². The molecule has 0 heterocycles. The lowest BCUT2D eigenvalue weighted by atomic mass is 9.80. The second-order valence-electron chi connectivity index (χ2n) is 5.60. The standard InChI is InChI=1S/C18H21NO/c20-16-10-6-9-15(13-16)19-18-12-5-4-11-17(18)14-7-2-1-3-8-14/h1-3,6-10,13,17-20H,4-5,11-12H2. The molecule has 2 unspecified atom stereocenters. The number of hydrogen-bond acceptors (Lipinski definition) is 2. The van der Waals surface area contributed by atoms with Crippen LogP contribution in [-0.4, -0.2) is 11.1 Å². The maximum atomic E-state index is 9.59. The Kier molecular flexibility index (Phi) is 3.91. The third kappa shape index (κ3) is 2.96. The molecule has 1 aliphatic rings. The summed E-state index contributed by atoms with van der Waals surface area (Å²) in [6.45, 7) is 0. The van der Waals surface area contributed by atoms with Crippen molar-refractivity contribution in [3.8, 4) is 5.75 Å². The van der Waals surface area contributed by atoms with Gasteiger partial charge in [-0.2, -0.15) is 0 Å². The van der Waals surface area contributed by atoms with Crippen LogP contribution in [0, 0.1) is 0 Å². The molecule has 0 saturated heterocycles. The van der Waals surface area contributed by atoms with Crippen molar-refractivity contribution >= 4 is 5.69 Å². The van der Waals surface area contributed by atoms with Crippen molar-refractivity contribution in [2.24, 2.45) is 0 Å². The summed E-state index contributed by atoms with van der Waals surface area (Å²) in [7, 11) is 0. The fourth-order valence-corrected chi connectivity index (χ4v) is 3.21. The molecule has 0 bridgehead atoms. The molecule has 2 aromatic carbocycles. The number of rotatable bonds is 3. The van der Waals surface area contributed by atoms with Gasteiger partial charge < -0.3 is 10.4 Å². The van der Waals surface area contributed by atoms with Crippen LogP contribution in [-0.2, 0) is 0 Å². The maximum Gasteiger partial charge on any atom is 0.117 e. The molecule has 0 aliphatic heterocycles. The van der Waals surface area contributed by atoms with Gasteiger partial charge in [0.2, 0.25) is 0 Å². The summed E-state index contributed by atoms with van der Waals surface area (Å²) in [4.78, 5) is 0. The van der Waals surface area contributed by atoms with E-state index in [0.29, 0.717) is 17.7 Å². The van der Waals surface area contributed by atoms with E-state index in [2.05, 4.69) is 35.6 Å². The number of nitrogens with one attached hydrogen (secondary N) is 1. The zero-order valence-corrected chi connectivity index (χ0v) is 11.6. The van der Waals surface area contributed by atoms with Gasteiger partial charge in [0.05, 0.1) is 0 Å². The Morgan fingerprint density at radius 1 is 0.900 bits per heavy atom. The van der Waals surface area contributed by atoms with Gasteiger partial charge in [0.1, 0.15) is 5.75 Å². The third-order valence-electron chi connectivity index (χ3n) is 4.19. The Hall–Kier alpha value is -1.96. The highest BCUT2D eigenvalue weighted by Crippen LogP contribution is 2.35. The Morgan fingerprint density at radius 3 is 2.50 bits per heavy atom. The van der Waals surface area contributed by atoms with Crippen molar-refractivity contribution in [3.63, 3.8) is 0 Å². The minimum absolute atomic E-state index is 0.321. The molecule has 1 aliphatic carbocycles. The van der Waals surface area contributed by atoms with Crippen LogP contribution in [0.25, 0.3) is 0 Å². The van der Waals surface area contributed by atoms with E-state index in [0.717, 1.165) is 5.69 Å². The molecule has 0 amide bonds. The van der Waals surface area contributed by atoms with Crippen molar-refractivity contribution in [2.45, 2.75) is 37.6 Å². The number of anilines is 1. The molecular formula is C18H21NO. The predicted molar refractivity (Wildman–Crippen MR) is 83.2 cm³/mol. The molecule has 2 heteroatoms. The summed E-state index contributed by atoms with van der Waals surface area (Å²) < 4.78 is 0. The van der Waals surface area contributed by atoms with Gasteiger partial charge in [0, 0.05) is 23.7 Å². The average Bonchev–Trinajstić information content (AvgIpc) is 2.49. The van der Waals surface area contributed by atoms with E-state index < -0.39 is 0 Å². The molecule has 20 heavy (non-hydrogen) atoms. The number of phenols is 1. The molecule has 1 saturated carbocycles. The minimum atomic E-state index is 0.321. The van der Waals surface area contributed by atoms with E-state index in [1.54, 1.807) is 12.1 Å². The lowest BCUT2D eigenvalue weighted by molar-refractivity contribution is 0.405. The van der Waals surface area contributed by atoms with Gasteiger partial charge in [-0.05, 0) is 30.5 Å². The highest BCUT2D eigenvalue weighted by Gasteiger charge is 2.26. The van der Waals surface area contributed by atoms with E-state index in [1.807, 2.05) is 12.1 Å². The molecule has 0 aromatic heterocycles. The van der Waals surface area contributed by atoms with E-state index >= 15 is 0 Å². The smallest absolute Gasteiger partial charge is 0.117 e. The monoisotopic (exact) mass is 267 g/mol. The highest BCUT2D eigenvalue weighted by atomic mass is 16.3. The quantitative estimate of drug-likeness (QED) is 0.856. The van der Waals surface area contributed by atoms with Crippen LogP contribution < -0.4 is 5.32 Å². The molecule has 3 rings (SSSR count). The Balaban J connectivity index is 1.79. The number of phenolic OH excluding ortho intramolecular Hbond substituents is 1. The summed E-state index contributed by atoms with van der Waals surface area (Å²) in [6, 6.07) is 18.6. The van der Waals surface area contributed by atoms with Gasteiger partial charge in [0.25, 0.3) is 0 Å². The fraction of sp³-hybridized carbons (Fsp3) is 0.333. The molecule has 2 nitrogen and oxygen atoms in total. The summed E-state index contributed by atoms with van der Waals surface area (Å²) >= 11 is 0. The minimum Gasteiger partial charge on any atom is -0.508 e. The molecule has 2 aromatic rings. The Morgan fingerprint density at radius 2 is 1.70 bits per heavy atom. The van der Waals surface area contributed by atoms with Crippen molar-refractivity contribution in [2.75, 3.05) is 5.32 Å². The number of benzene rings is 2. The highest BCUT2D eigenvalue weighted by molar-refractivity contribution is 5.49. The Bertz CT molecular complexity index is 552. The molecular weight excluding hydrogens is 246 g/mol. The van der Waals surface area contributed by atoms with Gasteiger partial charge in [-0.15, -0.1) is 0 Å². The van der Waals surface area contributed by atoms with E-state index in [-0.39, 0.29) is 0 Å². The predicted octanol–water partition coefficient (Wildman–Crippen LogP) is 4.53. The summed E-state index contributed by atoms with van der Waals surface area (Å²) in [5.41, 5.74) is 2.43. The number of aromatic hydroxyl groups is 1. The van der Waals surface area contributed by atoms with Crippen LogP contribution in [0.15, 0.2) is 54.6 Å². The zero-order chi connectivity index (χ0) is 13.8. The van der Waals surface area contributed by atoms with Gasteiger partial charge in [-0.1, -0.05) is 49.2 Å². The maximum absolute atomic E-state index is 9.59. The van der Waals surface area contributed by atoms with Crippen LogP contribution in [0.3, 0.4) is 0 Å². The summed E-state index contributed by atoms with van der Waals surface area (Å²) in [5, 5.41) is 13.2. The van der Waals surface area contributed by atoms with Gasteiger partial charge >= 0.3 is 0 Å². The second kappa shape index (κ2) is 6.00. The van der Waals surface area contributed by atoms with E-state index in [1.165, 1.54) is 31.2 Å². The molecule has 2 atom stereocenters. The first-order chi connectivity index (χ1) is 9.83. The van der Waals surface area contributed by atoms with Crippen LogP contribution in [0.1, 0.15) is 37.2 Å². The average molecular weight is 267 g/mol. The van der Waals surface area contributed by atoms with Crippen molar-refractivity contribution in [3.05, 3.63) is 60.2 Å². The zero-order valence-electron chi connectivity index (χ0n) is 11.6. The van der Waals surface area contributed by atoms with Crippen LogP contribution in [0.5, 0.6) is 5.75 Å². The first kappa shape index (κ1) is 13.0. The lowest BCUT2D eigenvalue weighted by Gasteiger charge is -2.33. The molecule has 2 N–H and O–H groups in total. The van der Waals surface area contributed by atoms with Crippen LogP contribution >= 0.6 is 0 Å². The van der Waals surface area contributed by atoms with E-state index in [4.69, 9.17) is 0 Å². The first-order valence-corrected chi connectivity index (χ1v) is 7.43. The van der Waals surface area contributed by atoms with Crippen LogP contribution in [0.4, 0.5) is 5.69 Å². The fourth-order valence-electron chi connectivity index (χ4n) is 3.21. The molecule has 0 spiro atoms. The molecule has 1 fully saturated rings. The first-order valence-electron chi connectivity index (χ1n) is 7.43. The van der Waals surface area contributed by atoms with Crippen LogP contribution in [0.2, 0.25) is 0 Å². The van der Waals surface area contributed by atoms with Crippen molar-refractivity contribution in [1.29, 1.82) is 0 Å². The van der Waals surface area contributed by atoms with Gasteiger partial charge in [-0.3, -0.25) is 0 Å². The normalized spacial score (nSPS) is 22.4. The van der Waals surface area contributed by atoms with Crippen molar-refractivity contribution in [1.82, 2.24) is 0 Å². The van der Waals surface area contributed by atoms with Gasteiger partial charge in [0.15, 0.2) is 0 Å². The topological polar surface area (TPSA) is 32.3 Å². The summed E-state index contributed by atoms with van der Waals surface area (Å²) in [6.07, 6.45) is 5.01. The SMILES string of the molecule is Oc1cccc(NC2CCCCC2c2ccccc2)c1. The molecule has 104 valence electrons. The Labute approximate surface area is 120 Å². The summed E-state index contributed by atoms with van der Waals surface area (Å²) in [5.74, 6) is 0.884.